The first kappa shape index (κ1) is 17.3. The van der Waals surface area contributed by atoms with Crippen LogP contribution in [0.3, 0.4) is 0 Å². The zero-order valence-corrected chi connectivity index (χ0v) is 14.5. The van der Waals surface area contributed by atoms with Crippen molar-refractivity contribution in [1.82, 2.24) is 9.80 Å². The molecule has 1 aliphatic rings. The van der Waals surface area contributed by atoms with Crippen molar-refractivity contribution in [2.75, 3.05) is 33.3 Å². The number of amides is 2. The second-order valence-electron chi connectivity index (χ2n) is 6.04. The molecule has 0 spiro atoms. The number of rotatable bonds is 3. The van der Waals surface area contributed by atoms with Crippen LogP contribution in [0, 0.1) is 13.8 Å². The number of nitrogens with zero attached hydrogens (tertiary/aromatic N) is 2. The Morgan fingerprint density at radius 1 is 1.09 bits per heavy atom. The summed E-state index contributed by atoms with van der Waals surface area (Å²) < 4.78 is 5.41. The summed E-state index contributed by atoms with van der Waals surface area (Å²) in [6.45, 7) is 8.37. The lowest BCUT2D eigenvalue weighted by molar-refractivity contribution is -0.130. The molecule has 2 rings (SSSR count). The van der Waals surface area contributed by atoms with E-state index in [1.165, 1.54) is 0 Å². The summed E-state index contributed by atoms with van der Waals surface area (Å²) in [7, 11) is 1.59. The summed E-state index contributed by atoms with van der Waals surface area (Å²) in [6.07, 6.45) is 1.32. The van der Waals surface area contributed by atoms with Crippen LogP contribution in [0.15, 0.2) is 12.1 Å². The van der Waals surface area contributed by atoms with Crippen LogP contribution in [0.25, 0.3) is 0 Å². The molecule has 1 saturated heterocycles. The number of carbonyl (C=O) groups is 2. The van der Waals surface area contributed by atoms with Crippen molar-refractivity contribution >= 4 is 11.8 Å². The molecule has 1 aromatic rings. The topological polar surface area (TPSA) is 49.9 Å². The van der Waals surface area contributed by atoms with Crippen molar-refractivity contribution in [3.8, 4) is 5.75 Å². The number of hydrogen-bond donors (Lipinski definition) is 0. The third-order valence-corrected chi connectivity index (χ3v) is 4.32. The van der Waals surface area contributed by atoms with Gasteiger partial charge in [-0.25, -0.2) is 0 Å². The van der Waals surface area contributed by atoms with Crippen LogP contribution in [0.1, 0.15) is 41.3 Å². The van der Waals surface area contributed by atoms with E-state index in [0.29, 0.717) is 37.4 Å². The fraction of sp³-hybridized carbons (Fsp3) is 0.556. The van der Waals surface area contributed by atoms with Crippen LogP contribution >= 0.6 is 0 Å². The van der Waals surface area contributed by atoms with Crippen molar-refractivity contribution in [1.29, 1.82) is 0 Å². The van der Waals surface area contributed by atoms with Gasteiger partial charge in [0, 0.05) is 32.6 Å². The first-order valence-corrected chi connectivity index (χ1v) is 8.20. The van der Waals surface area contributed by atoms with E-state index in [4.69, 9.17) is 4.74 Å². The molecule has 1 fully saturated rings. The van der Waals surface area contributed by atoms with Crippen LogP contribution < -0.4 is 4.74 Å². The lowest BCUT2D eigenvalue weighted by atomic mass is 10.0. The molecule has 0 radical (unpaired) electrons. The molecule has 0 aliphatic carbocycles. The summed E-state index contributed by atoms with van der Waals surface area (Å²) in [6, 6.07) is 3.89. The highest BCUT2D eigenvalue weighted by molar-refractivity contribution is 5.98. The van der Waals surface area contributed by atoms with E-state index in [-0.39, 0.29) is 11.8 Å². The van der Waals surface area contributed by atoms with Crippen molar-refractivity contribution in [2.45, 2.75) is 33.6 Å². The van der Waals surface area contributed by atoms with E-state index in [1.807, 2.05) is 42.7 Å². The highest BCUT2D eigenvalue weighted by Crippen LogP contribution is 2.26. The molecule has 0 bridgehead atoms. The highest BCUT2D eigenvalue weighted by atomic mass is 16.5. The molecule has 0 N–H and O–H groups in total. The highest BCUT2D eigenvalue weighted by Gasteiger charge is 2.25. The minimum atomic E-state index is -0.00912. The molecule has 1 aromatic carbocycles. The van der Waals surface area contributed by atoms with Crippen molar-refractivity contribution in [3.05, 3.63) is 28.8 Å². The molecular weight excluding hydrogens is 292 g/mol. The van der Waals surface area contributed by atoms with Gasteiger partial charge < -0.3 is 14.5 Å². The Morgan fingerprint density at radius 2 is 1.74 bits per heavy atom. The average molecular weight is 318 g/mol. The molecule has 5 heteroatoms. The number of aryl methyl sites for hydroxylation is 2. The van der Waals surface area contributed by atoms with Gasteiger partial charge in [0.1, 0.15) is 5.75 Å². The van der Waals surface area contributed by atoms with E-state index in [0.717, 1.165) is 24.1 Å². The van der Waals surface area contributed by atoms with Gasteiger partial charge in [-0.3, -0.25) is 9.59 Å². The van der Waals surface area contributed by atoms with E-state index in [1.54, 1.807) is 7.11 Å². The largest absolute Gasteiger partial charge is 0.496 e. The zero-order chi connectivity index (χ0) is 17.0. The minimum absolute atomic E-state index is 0.00912. The van der Waals surface area contributed by atoms with Crippen molar-refractivity contribution in [3.63, 3.8) is 0 Å². The Labute approximate surface area is 138 Å². The average Bonchev–Trinajstić information content (AvgIpc) is 2.78. The molecule has 1 heterocycles. The second-order valence-corrected chi connectivity index (χ2v) is 6.04. The van der Waals surface area contributed by atoms with Crippen molar-refractivity contribution < 1.29 is 14.3 Å². The Bertz CT molecular complexity index is 598. The number of hydrogen-bond acceptors (Lipinski definition) is 3. The van der Waals surface area contributed by atoms with Gasteiger partial charge in [-0.05, 0) is 37.5 Å². The van der Waals surface area contributed by atoms with Crippen LogP contribution in [0.4, 0.5) is 0 Å². The quantitative estimate of drug-likeness (QED) is 0.860. The lowest BCUT2D eigenvalue weighted by Gasteiger charge is -2.23. The molecule has 5 nitrogen and oxygen atoms in total. The molecule has 0 saturated carbocycles. The maximum Gasteiger partial charge on any atom is 0.257 e. The standard InChI is InChI=1S/C18H26N2O3/c1-5-16(21)19-7-6-8-20(10-9-19)18(22)17-14(3)11-13(2)12-15(17)23-4/h11-12H,5-10H2,1-4H3. The summed E-state index contributed by atoms with van der Waals surface area (Å²) in [5, 5.41) is 0. The fourth-order valence-electron chi connectivity index (χ4n) is 3.12. The Morgan fingerprint density at radius 3 is 2.39 bits per heavy atom. The smallest absolute Gasteiger partial charge is 0.257 e. The normalized spacial score (nSPS) is 15.3. The van der Waals surface area contributed by atoms with Gasteiger partial charge in [0.25, 0.3) is 5.91 Å². The Hall–Kier alpha value is -2.04. The summed E-state index contributed by atoms with van der Waals surface area (Å²) in [5.41, 5.74) is 2.64. The van der Waals surface area contributed by atoms with Crippen LogP contribution in [-0.2, 0) is 4.79 Å². The first-order valence-electron chi connectivity index (χ1n) is 8.20. The minimum Gasteiger partial charge on any atom is -0.496 e. The van der Waals surface area contributed by atoms with Gasteiger partial charge in [0.15, 0.2) is 0 Å². The van der Waals surface area contributed by atoms with Crippen LogP contribution in [-0.4, -0.2) is 54.9 Å². The number of ether oxygens (including phenoxy) is 1. The zero-order valence-electron chi connectivity index (χ0n) is 14.5. The molecule has 0 aromatic heterocycles. The lowest BCUT2D eigenvalue weighted by Crippen LogP contribution is -2.37. The van der Waals surface area contributed by atoms with Gasteiger partial charge in [0.05, 0.1) is 12.7 Å². The van der Waals surface area contributed by atoms with E-state index < -0.39 is 0 Å². The molecule has 23 heavy (non-hydrogen) atoms. The maximum atomic E-state index is 13.0. The number of benzene rings is 1. The summed E-state index contributed by atoms with van der Waals surface area (Å²) >= 11 is 0. The monoisotopic (exact) mass is 318 g/mol. The van der Waals surface area contributed by atoms with Crippen LogP contribution in [0.5, 0.6) is 5.75 Å². The van der Waals surface area contributed by atoms with Gasteiger partial charge >= 0.3 is 0 Å². The first-order chi connectivity index (χ1) is 11.0. The number of carbonyl (C=O) groups excluding carboxylic acids is 2. The summed E-state index contributed by atoms with van der Waals surface area (Å²) in [5.74, 6) is 0.770. The third-order valence-electron chi connectivity index (χ3n) is 4.32. The van der Waals surface area contributed by atoms with E-state index in [2.05, 4.69) is 0 Å². The predicted octanol–water partition coefficient (Wildman–Crippen LogP) is 2.40. The number of methoxy groups -OCH3 is 1. The third kappa shape index (κ3) is 3.84. The Balaban J connectivity index is 2.20. The van der Waals surface area contributed by atoms with Gasteiger partial charge in [0.2, 0.25) is 5.91 Å². The molecule has 0 unspecified atom stereocenters. The van der Waals surface area contributed by atoms with Gasteiger partial charge in [-0.1, -0.05) is 13.0 Å². The van der Waals surface area contributed by atoms with E-state index >= 15 is 0 Å². The summed E-state index contributed by atoms with van der Waals surface area (Å²) in [4.78, 5) is 28.5. The molecule has 2 amide bonds. The maximum absolute atomic E-state index is 13.0. The van der Waals surface area contributed by atoms with Gasteiger partial charge in [-0.15, -0.1) is 0 Å². The van der Waals surface area contributed by atoms with Crippen LogP contribution in [0.2, 0.25) is 0 Å². The SMILES string of the molecule is CCC(=O)N1CCCN(C(=O)c2c(C)cc(C)cc2OC)CC1. The second kappa shape index (κ2) is 7.49. The van der Waals surface area contributed by atoms with E-state index in [9.17, 15) is 9.59 Å². The fourth-order valence-corrected chi connectivity index (χ4v) is 3.12. The molecule has 126 valence electrons. The Kier molecular flexibility index (Phi) is 5.64. The van der Waals surface area contributed by atoms with Gasteiger partial charge in [-0.2, -0.15) is 0 Å². The van der Waals surface area contributed by atoms with Crippen molar-refractivity contribution in [2.24, 2.45) is 0 Å². The molecule has 1 aliphatic heterocycles. The predicted molar refractivity (Wildman–Crippen MR) is 89.9 cm³/mol. The molecule has 0 atom stereocenters. The molecular formula is C18H26N2O3.